The molecule has 21 heavy (non-hydrogen) atoms. The molecule has 112 valence electrons. The van der Waals surface area contributed by atoms with Gasteiger partial charge in [-0.25, -0.2) is 0 Å². The Morgan fingerprint density at radius 3 is 2.48 bits per heavy atom. The summed E-state index contributed by atoms with van der Waals surface area (Å²) < 4.78 is 5.22. The van der Waals surface area contributed by atoms with Crippen LogP contribution in [0.2, 0.25) is 0 Å². The molecule has 6 nitrogen and oxygen atoms in total. The van der Waals surface area contributed by atoms with Crippen LogP contribution in [0.3, 0.4) is 0 Å². The number of likely N-dealkylation sites (N-methyl/N-ethyl adjacent to an activating group) is 1. The van der Waals surface area contributed by atoms with E-state index in [4.69, 9.17) is 10.5 Å². The van der Waals surface area contributed by atoms with Crippen LogP contribution in [0.4, 0.5) is 0 Å². The van der Waals surface area contributed by atoms with E-state index in [1.807, 2.05) is 12.1 Å². The van der Waals surface area contributed by atoms with Crippen molar-refractivity contribution >= 4 is 5.91 Å². The molecule has 1 aromatic carbocycles. The van der Waals surface area contributed by atoms with Crippen molar-refractivity contribution < 1.29 is 9.53 Å². The number of carbonyl (C=O) groups excluding carboxylic acids is 1. The van der Waals surface area contributed by atoms with E-state index >= 15 is 0 Å². The molecule has 1 unspecified atom stereocenters. The predicted molar refractivity (Wildman–Crippen MR) is 78.6 cm³/mol. The van der Waals surface area contributed by atoms with E-state index < -0.39 is 5.91 Å². The van der Waals surface area contributed by atoms with Crippen LogP contribution in [0.25, 0.3) is 0 Å². The van der Waals surface area contributed by atoms with E-state index in [0.717, 1.165) is 31.7 Å². The number of hydrogen-bond donors (Lipinski definition) is 1. The van der Waals surface area contributed by atoms with Crippen LogP contribution >= 0.6 is 0 Å². The Balaban J connectivity index is 2.02. The van der Waals surface area contributed by atoms with Crippen LogP contribution in [0.15, 0.2) is 24.3 Å². The van der Waals surface area contributed by atoms with Gasteiger partial charge in [0, 0.05) is 26.2 Å². The molecule has 0 aromatic heterocycles. The number of nitrogens with zero attached hydrogens (tertiary/aromatic N) is 3. The standard InChI is InChI=1S/C15H20N4O2/c1-18-6-8-19(9-7-18)14(10-16)12-2-4-13(5-3-12)21-11-15(17)20/h2-5,14H,6-9,11H2,1H3,(H2,17,20). The molecule has 0 aliphatic carbocycles. The molecular weight excluding hydrogens is 268 g/mol. The zero-order chi connectivity index (χ0) is 15.2. The molecule has 6 heteroatoms. The zero-order valence-electron chi connectivity index (χ0n) is 12.2. The third-order valence-corrected chi connectivity index (χ3v) is 3.60. The van der Waals surface area contributed by atoms with Gasteiger partial charge in [-0.1, -0.05) is 12.1 Å². The van der Waals surface area contributed by atoms with Gasteiger partial charge in [-0.2, -0.15) is 5.26 Å². The summed E-state index contributed by atoms with van der Waals surface area (Å²) in [4.78, 5) is 15.1. The first-order valence-corrected chi connectivity index (χ1v) is 6.93. The van der Waals surface area contributed by atoms with E-state index in [2.05, 4.69) is 22.9 Å². The summed E-state index contributed by atoms with van der Waals surface area (Å²) in [6.45, 7) is 3.57. The van der Waals surface area contributed by atoms with Crippen molar-refractivity contribution in [1.29, 1.82) is 5.26 Å². The number of benzene rings is 1. The molecule has 1 fully saturated rings. The van der Waals surface area contributed by atoms with E-state index in [-0.39, 0.29) is 12.6 Å². The Hall–Kier alpha value is -2.10. The molecule has 0 radical (unpaired) electrons. The third kappa shape index (κ3) is 4.18. The Morgan fingerprint density at radius 2 is 1.95 bits per heavy atom. The van der Waals surface area contributed by atoms with Crippen molar-refractivity contribution in [3.05, 3.63) is 29.8 Å². The minimum absolute atomic E-state index is 0.139. The van der Waals surface area contributed by atoms with Crippen molar-refractivity contribution in [2.24, 2.45) is 5.73 Å². The first-order chi connectivity index (χ1) is 10.1. The molecule has 0 saturated carbocycles. The number of carbonyl (C=O) groups is 1. The van der Waals surface area contributed by atoms with Gasteiger partial charge < -0.3 is 15.4 Å². The Labute approximate surface area is 124 Å². The summed E-state index contributed by atoms with van der Waals surface area (Å²) in [7, 11) is 2.09. The SMILES string of the molecule is CN1CCN(C(C#N)c2ccc(OCC(N)=O)cc2)CC1. The van der Waals surface area contributed by atoms with Crippen molar-refractivity contribution in [1.82, 2.24) is 9.80 Å². The summed E-state index contributed by atoms with van der Waals surface area (Å²) >= 11 is 0. The lowest BCUT2D eigenvalue weighted by Crippen LogP contribution is -2.45. The molecular formula is C15H20N4O2. The van der Waals surface area contributed by atoms with E-state index in [1.54, 1.807) is 12.1 Å². The second-order valence-electron chi connectivity index (χ2n) is 5.19. The number of piperazine rings is 1. The van der Waals surface area contributed by atoms with Crippen molar-refractivity contribution in [2.45, 2.75) is 6.04 Å². The lowest BCUT2D eigenvalue weighted by atomic mass is 10.1. The molecule has 1 saturated heterocycles. The van der Waals surface area contributed by atoms with Crippen LogP contribution in [0.5, 0.6) is 5.75 Å². The van der Waals surface area contributed by atoms with Gasteiger partial charge in [-0.05, 0) is 24.7 Å². The zero-order valence-corrected chi connectivity index (χ0v) is 12.2. The smallest absolute Gasteiger partial charge is 0.255 e. The number of ether oxygens (including phenoxy) is 1. The quantitative estimate of drug-likeness (QED) is 0.846. The molecule has 0 bridgehead atoms. The Kier molecular flexibility index (Phi) is 5.14. The highest BCUT2D eigenvalue weighted by Crippen LogP contribution is 2.23. The molecule has 1 atom stereocenters. The number of nitriles is 1. The number of rotatable bonds is 5. The average Bonchev–Trinajstić information content (AvgIpc) is 2.49. The Bertz CT molecular complexity index is 515. The maximum absolute atomic E-state index is 10.7. The monoisotopic (exact) mass is 288 g/mol. The van der Waals surface area contributed by atoms with Crippen LogP contribution in [-0.2, 0) is 4.79 Å². The molecule has 2 rings (SSSR count). The molecule has 1 aliphatic rings. The Morgan fingerprint density at radius 1 is 1.33 bits per heavy atom. The fourth-order valence-corrected chi connectivity index (χ4v) is 2.35. The van der Waals surface area contributed by atoms with Crippen LogP contribution in [-0.4, -0.2) is 55.5 Å². The first kappa shape index (κ1) is 15.3. The van der Waals surface area contributed by atoms with Gasteiger partial charge in [-0.3, -0.25) is 9.69 Å². The van der Waals surface area contributed by atoms with Crippen molar-refractivity contribution in [2.75, 3.05) is 39.8 Å². The maximum Gasteiger partial charge on any atom is 0.255 e. The summed E-state index contributed by atoms with van der Waals surface area (Å²) in [6, 6.07) is 9.37. The van der Waals surface area contributed by atoms with Gasteiger partial charge in [0.1, 0.15) is 11.8 Å². The van der Waals surface area contributed by atoms with Crippen molar-refractivity contribution in [3.63, 3.8) is 0 Å². The van der Waals surface area contributed by atoms with Crippen LogP contribution < -0.4 is 10.5 Å². The van der Waals surface area contributed by atoms with Gasteiger partial charge in [0.2, 0.25) is 0 Å². The fraction of sp³-hybridized carbons (Fsp3) is 0.467. The number of amides is 1. The van der Waals surface area contributed by atoms with Gasteiger partial charge in [0.05, 0.1) is 6.07 Å². The highest BCUT2D eigenvalue weighted by Gasteiger charge is 2.23. The first-order valence-electron chi connectivity index (χ1n) is 6.93. The highest BCUT2D eigenvalue weighted by molar-refractivity contribution is 5.75. The average molecular weight is 288 g/mol. The summed E-state index contributed by atoms with van der Waals surface area (Å²) in [5, 5.41) is 9.45. The van der Waals surface area contributed by atoms with Gasteiger partial charge in [0.15, 0.2) is 6.61 Å². The lowest BCUT2D eigenvalue weighted by molar-refractivity contribution is -0.119. The number of primary amides is 1. The van der Waals surface area contributed by atoms with Gasteiger partial charge in [-0.15, -0.1) is 0 Å². The van der Waals surface area contributed by atoms with Gasteiger partial charge in [0.25, 0.3) is 5.91 Å². The second-order valence-corrected chi connectivity index (χ2v) is 5.19. The van der Waals surface area contributed by atoms with Crippen LogP contribution in [0, 0.1) is 11.3 Å². The van der Waals surface area contributed by atoms with E-state index in [1.165, 1.54) is 0 Å². The maximum atomic E-state index is 10.7. The minimum Gasteiger partial charge on any atom is -0.484 e. The van der Waals surface area contributed by atoms with Crippen molar-refractivity contribution in [3.8, 4) is 11.8 Å². The topological polar surface area (TPSA) is 82.6 Å². The minimum atomic E-state index is -0.508. The third-order valence-electron chi connectivity index (χ3n) is 3.60. The highest BCUT2D eigenvalue weighted by atomic mass is 16.5. The molecule has 1 aromatic rings. The normalized spacial score (nSPS) is 17.9. The molecule has 1 heterocycles. The molecule has 2 N–H and O–H groups in total. The summed E-state index contributed by atoms with van der Waals surface area (Å²) in [5.74, 6) is 0.0685. The molecule has 0 spiro atoms. The van der Waals surface area contributed by atoms with Gasteiger partial charge >= 0.3 is 0 Å². The fourth-order valence-electron chi connectivity index (χ4n) is 2.35. The molecule has 1 amide bonds. The number of hydrogen-bond acceptors (Lipinski definition) is 5. The second kappa shape index (κ2) is 7.07. The van der Waals surface area contributed by atoms with E-state index in [0.29, 0.717) is 5.75 Å². The van der Waals surface area contributed by atoms with E-state index in [9.17, 15) is 10.1 Å². The summed E-state index contributed by atoms with van der Waals surface area (Å²) in [5.41, 5.74) is 5.97. The largest absolute Gasteiger partial charge is 0.484 e. The predicted octanol–water partition coefficient (Wildman–Crippen LogP) is 0.363. The number of nitrogens with two attached hydrogens (primary N) is 1. The van der Waals surface area contributed by atoms with Crippen LogP contribution in [0.1, 0.15) is 11.6 Å². The molecule has 1 aliphatic heterocycles. The summed E-state index contributed by atoms with van der Waals surface area (Å²) in [6.07, 6.45) is 0. The lowest BCUT2D eigenvalue weighted by Gasteiger charge is -2.35.